The van der Waals surface area contributed by atoms with Gasteiger partial charge in [0.1, 0.15) is 24.4 Å². The molecule has 0 saturated carbocycles. The van der Waals surface area contributed by atoms with Crippen molar-refractivity contribution in [1.29, 1.82) is 0 Å². The van der Waals surface area contributed by atoms with Crippen molar-refractivity contribution in [2.45, 2.75) is 134 Å². The third-order valence-electron chi connectivity index (χ3n) is 6.19. The third-order valence-corrected chi connectivity index (χ3v) is 6.19. The monoisotopic (exact) mass is 442 g/mol. The normalized spacial score (nSPS) is 24.3. The Hall–Kier alpha value is -0.460. The van der Waals surface area contributed by atoms with Crippen LogP contribution in [-0.2, 0) is 9.47 Å². The molecule has 1 rings (SSSR count). The Morgan fingerprint density at radius 3 is 1.81 bits per heavy atom. The highest BCUT2D eigenvalue weighted by Crippen LogP contribution is 2.16. The molecule has 0 aromatic carbocycles. The number of unbranched alkanes of at least 4 members (excludes halogenated alkanes) is 14. The highest BCUT2D eigenvalue weighted by Gasteiger charge is 2.37. The van der Waals surface area contributed by atoms with E-state index >= 15 is 0 Å². The number of ether oxygens (including phenoxy) is 2. The Bertz CT molecular complexity index is 415. The summed E-state index contributed by atoms with van der Waals surface area (Å²) in [6.45, 7) is 3.22. The first-order chi connectivity index (χ1) is 15.2. The Labute approximate surface area is 191 Å². The molecule has 0 spiro atoms. The van der Waals surface area contributed by atoms with Crippen molar-refractivity contribution in [3.63, 3.8) is 0 Å². The van der Waals surface area contributed by atoms with Gasteiger partial charge in [0.2, 0.25) is 0 Å². The second-order valence-electron chi connectivity index (χ2n) is 9.14. The zero-order chi connectivity index (χ0) is 22.6. The summed E-state index contributed by atoms with van der Waals surface area (Å²) in [4.78, 5) is 0. The molecule has 184 valence electrons. The van der Waals surface area contributed by atoms with E-state index in [2.05, 4.69) is 19.1 Å². The van der Waals surface area contributed by atoms with Gasteiger partial charge in [-0.2, -0.15) is 0 Å². The molecule has 1 aliphatic heterocycles. The lowest BCUT2D eigenvalue weighted by atomic mass is 10.0. The quantitative estimate of drug-likeness (QED) is 0.176. The largest absolute Gasteiger partial charge is 0.388 e. The summed E-state index contributed by atoms with van der Waals surface area (Å²) in [5.74, 6) is 0. The molecule has 0 bridgehead atoms. The molecule has 5 heteroatoms. The summed E-state index contributed by atoms with van der Waals surface area (Å²) in [5, 5.41) is 28.9. The van der Waals surface area contributed by atoms with Gasteiger partial charge in [-0.15, -0.1) is 0 Å². The molecule has 0 aromatic heterocycles. The average Bonchev–Trinajstić information content (AvgIpc) is 2.77. The number of allylic oxidation sites excluding steroid dienone is 2. The lowest BCUT2D eigenvalue weighted by molar-refractivity contribution is -0.199. The van der Waals surface area contributed by atoms with Gasteiger partial charge in [-0.25, -0.2) is 0 Å². The van der Waals surface area contributed by atoms with Crippen molar-refractivity contribution < 1.29 is 24.8 Å². The first-order valence-corrected chi connectivity index (χ1v) is 13.0. The van der Waals surface area contributed by atoms with E-state index in [-0.39, 0.29) is 13.2 Å². The molecular formula is C26H50O5. The Morgan fingerprint density at radius 1 is 0.710 bits per heavy atom. The average molecular weight is 443 g/mol. The van der Waals surface area contributed by atoms with Crippen LogP contribution in [0.5, 0.6) is 0 Å². The van der Waals surface area contributed by atoms with Gasteiger partial charge in [-0.05, 0) is 32.1 Å². The van der Waals surface area contributed by atoms with Gasteiger partial charge in [-0.3, -0.25) is 0 Å². The van der Waals surface area contributed by atoms with Gasteiger partial charge in [0.15, 0.2) is 0 Å². The zero-order valence-corrected chi connectivity index (χ0v) is 20.1. The van der Waals surface area contributed by atoms with Crippen LogP contribution in [0, 0.1) is 0 Å². The first-order valence-electron chi connectivity index (χ1n) is 13.0. The summed E-state index contributed by atoms with van der Waals surface area (Å²) in [6.07, 6.45) is 21.8. The van der Waals surface area contributed by atoms with E-state index in [1.165, 1.54) is 96.3 Å². The van der Waals surface area contributed by atoms with E-state index in [0.29, 0.717) is 6.61 Å². The standard InChI is InChI=1S/C26H50O5/c1-2-3-4-5-6-7-8-9-10-11-12-13-14-15-16-17-18-19-20-30-22-24-26(29)25(28)23(27)21-31-24/h7-8,23-29H,2-6,9-22H2,1H3/b8-7+/t23-,24+,25+,26+/m1/s1. The van der Waals surface area contributed by atoms with E-state index < -0.39 is 24.4 Å². The van der Waals surface area contributed by atoms with E-state index in [1.807, 2.05) is 0 Å². The number of rotatable bonds is 20. The molecule has 1 aliphatic rings. The molecule has 1 heterocycles. The minimum Gasteiger partial charge on any atom is -0.388 e. The second kappa shape index (κ2) is 20.2. The fourth-order valence-corrected chi connectivity index (χ4v) is 4.02. The number of hydrogen-bond acceptors (Lipinski definition) is 5. The van der Waals surface area contributed by atoms with Gasteiger partial charge >= 0.3 is 0 Å². The Kier molecular flexibility index (Phi) is 18.6. The minimum absolute atomic E-state index is 0.0441. The van der Waals surface area contributed by atoms with Gasteiger partial charge in [-0.1, -0.05) is 89.7 Å². The van der Waals surface area contributed by atoms with Crippen LogP contribution in [0.2, 0.25) is 0 Å². The molecule has 0 unspecified atom stereocenters. The Morgan fingerprint density at radius 2 is 1.23 bits per heavy atom. The van der Waals surface area contributed by atoms with Crippen LogP contribution in [0.25, 0.3) is 0 Å². The third kappa shape index (κ3) is 15.1. The van der Waals surface area contributed by atoms with Gasteiger partial charge < -0.3 is 24.8 Å². The van der Waals surface area contributed by atoms with Gasteiger partial charge in [0.25, 0.3) is 0 Å². The number of aliphatic hydroxyl groups is 3. The maximum Gasteiger partial charge on any atom is 0.111 e. The second-order valence-corrected chi connectivity index (χ2v) is 9.14. The fourth-order valence-electron chi connectivity index (χ4n) is 4.02. The topological polar surface area (TPSA) is 79.2 Å². The summed E-state index contributed by atoms with van der Waals surface area (Å²) in [6, 6.07) is 0. The van der Waals surface area contributed by atoms with E-state index in [9.17, 15) is 15.3 Å². The highest BCUT2D eigenvalue weighted by molar-refractivity contribution is 4.86. The van der Waals surface area contributed by atoms with Crippen molar-refractivity contribution in [3.8, 4) is 0 Å². The maximum absolute atomic E-state index is 9.85. The zero-order valence-electron chi connectivity index (χ0n) is 20.1. The molecule has 0 amide bonds. The Balaban J connectivity index is 1.76. The molecule has 4 atom stereocenters. The van der Waals surface area contributed by atoms with Crippen molar-refractivity contribution in [1.82, 2.24) is 0 Å². The summed E-state index contributed by atoms with van der Waals surface area (Å²) in [7, 11) is 0. The smallest absolute Gasteiger partial charge is 0.111 e. The van der Waals surface area contributed by atoms with E-state index in [1.54, 1.807) is 0 Å². The van der Waals surface area contributed by atoms with Crippen molar-refractivity contribution in [3.05, 3.63) is 12.2 Å². The van der Waals surface area contributed by atoms with Crippen molar-refractivity contribution in [2.75, 3.05) is 19.8 Å². The van der Waals surface area contributed by atoms with Crippen LogP contribution in [-0.4, -0.2) is 59.6 Å². The van der Waals surface area contributed by atoms with Crippen LogP contribution >= 0.6 is 0 Å². The minimum atomic E-state index is -1.15. The van der Waals surface area contributed by atoms with Crippen LogP contribution in [0.15, 0.2) is 12.2 Å². The first kappa shape index (κ1) is 28.6. The number of hydrogen-bond donors (Lipinski definition) is 3. The molecule has 1 fully saturated rings. The lowest BCUT2D eigenvalue weighted by Crippen LogP contribution is -2.54. The van der Waals surface area contributed by atoms with Crippen molar-refractivity contribution in [2.24, 2.45) is 0 Å². The SMILES string of the molecule is CCCCCC/C=C/CCCCCCCCCCCCOC[C@@H]1OC[C@@H](O)[C@H](O)[C@H]1O. The van der Waals surface area contributed by atoms with E-state index in [4.69, 9.17) is 9.47 Å². The molecule has 31 heavy (non-hydrogen) atoms. The van der Waals surface area contributed by atoms with Crippen molar-refractivity contribution >= 4 is 0 Å². The maximum atomic E-state index is 9.85. The predicted molar refractivity (Wildman–Crippen MR) is 127 cm³/mol. The van der Waals surface area contributed by atoms with Crippen LogP contribution in [0.3, 0.4) is 0 Å². The summed E-state index contributed by atoms with van der Waals surface area (Å²) < 4.78 is 10.9. The lowest BCUT2D eigenvalue weighted by Gasteiger charge is -2.35. The van der Waals surface area contributed by atoms with Crippen LogP contribution in [0.1, 0.15) is 110 Å². The molecule has 1 saturated heterocycles. The number of aliphatic hydroxyl groups excluding tert-OH is 3. The summed E-state index contributed by atoms with van der Waals surface area (Å²) in [5.41, 5.74) is 0. The van der Waals surface area contributed by atoms with Gasteiger partial charge in [0, 0.05) is 6.61 Å². The molecule has 0 aromatic rings. The molecule has 5 nitrogen and oxygen atoms in total. The van der Waals surface area contributed by atoms with Gasteiger partial charge in [0.05, 0.1) is 13.2 Å². The predicted octanol–water partition coefficient (Wildman–Crippen LogP) is 5.30. The molecule has 3 N–H and O–H groups in total. The van der Waals surface area contributed by atoms with E-state index in [0.717, 1.165) is 6.42 Å². The molecule has 0 aliphatic carbocycles. The molecular weight excluding hydrogens is 392 g/mol. The van der Waals surface area contributed by atoms with Crippen LogP contribution < -0.4 is 0 Å². The fraction of sp³-hybridized carbons (Fsp3) is 0.923. The summed E-state index contributed by atoms with van der Waals surface area (Å²) >= 11 is 0. The highest BCUT2D eigenvalue weighted by atomic mass is 16.6. The molecule has 0 radical (unpaired) electrons. The van der Waals surface area contributed by atoms with Crippen LogP contribution in [0.4, 0.5) is 0 Å².